The summed E-state index contributed by atoms with van der Waals surface area (Å²) in [5.41, 5.74) is 6.17. The highest BCUT2D eigenvalue weighted by Crippen LogP contribution is 2.36. The summed E-state index contributed by atoms with van der Waals surface area (Å²) in [4.78, 5) is 15.6. The van der Waals surface area contributed by atoms with Gasteiger partial charge >= 0.3 is 0 Å². The van der Waals surface area contributed by atoms with E-state index in [2.05, 4.69) is 44.2 Å². The van der Waals surface area contributed by atoms with Crippen molar-refractivity contribution in [1.82, 2.24) is 4.90 Å². The van der Waals surface area contributed by atoms with Crippen molar-refractivity contribution >= 4 is 5.91 Å². The average molecular weight is 414 g/mol. The van der Waals surface area contributed by atoms with Crippen LogP contribution in [0.2, 0.25) is 0 Å². The van der Waals surface area contributed by atoms with Crippen molar-refractivity contribution in [2.45, 2.75) is 33.1 Å². The Morgan fingerprint density at radius 2 is 1.55 bits per heavy atom. The fourth-order valence-electron chi connectivity index (χ4n) is 4.87. The summed E-state index contributed by atoms with van der Waals surface area (Å²) < 4.78 is 0. The Morgan fingerprint density at radius 1 is 0.903 bits per heavy atom. The maximum atomic E-state index is 13.7. The highest BCUT2D eigenvalue weighted by atomic mass is 16.3. The number of carbonyl (C=O) groups excluding carboxylic acids is 1. The van der Waals surface area contributed by atoms with Crippen molar-refractivity contribution in [1.29, 1.82) is 0 Å². The molecule has 1 aliphatic heterocycles. The zero-order valence-corrected chi connectivity index (χ0v) is 18.5. The number of amides is 1. The van der Waals surface area contributed by atoms with Crippen molar-refractivity contribution in [3.63, 3.8) is 0 Å². The SMILES string of the molecule is Cc1ccccc1C[C@@]1(CO)CCCN(C(=O)c2ccccc2-c2ccccc2C)C1. The normalized spacial score (nSPS) is 18.7. The highest BCUT2D eigenvalue weighted by molar-refractivity contribution is 6.01. The molecule has 1 amide bonds. The Labute approximate surface area is 185 Å². The van der Waals surface area contributed by atoms with Gasteiger partial charge in [0, 0.05) is 24.1 Å². The Bertz CT molecular complexity index is 1070. The van der Waals surface area contributed by atoms with E-state index in [1.165, 1.54) is 11.1 Å². The summed E-state index contributed by atoms with van der Waals surface area (Å²) in [6.45, 7) is 5.60. The summed E-state index contributed by atoms with van der Waals surface area (Å²) in [6.07, 6.45) is 2.63. The summed E-state index contributed by atoms with van der Waals surface area (Å²) in [5, 5.41) is 10.4. The molecule has 160 valence electrons. The van der Waals surface area contributed by atoms with Gasteiger partial charge in [-0.2, -0.15) is 0 Å². The fraction of sp³-hybridized carbons (Fsp3) is 0.321. The maximum absolute atomic E-state index is 13.7. The van der Waals surface area contributed by atoms with Crippen LogP contribution in [-0.2, 0) is 6.42 Å². The minimum atomic E-state index is -0.294. The number of nitrogens with zero attached hydrogens (tertiary/aromatic N) is 1. The quantitative estimate of drug-likeness (QED) is 0.606. The van der Waals surface area contributed by atoms with E-state index in [0.29, 0.717) is 6.54 Å². The summed E-state index contributed by atoms with van der Waals surface area (Å²) in [5.74, 6) is 0.0566. The zero-order valence-electron chi connectivity index (χ0n) is 18.5. The third kappa shape index (κ3) is 4.42. The van der Waals surface area contributed by atoms with E-state index in [1.807, 2.05) is 47.4 Å². The van der Waals surface area contributed by atoms with E-state index >= 15 is 0 Å². The Morgan fingerprint density at radius 3 is 2.26 bits per heavy atom. The van der Waals surface area contributed by atoms with Gasteiger partial charge in [-0.3, -0.25) is 4.79 Å². The van der Waals surface area contributed by atoms with E-state index in [1.54, 1.807) is 0 Å². The molecule has 0 unspecified atom stereocenters. The molecule has 3 aromatic carbocycles. The molecule has 1 N–H and O–H groups in total. The molecule has 0 spiro atoms. The number of aliphatic hydroxyl groups is 1. The van der Waals surface area contributed by atoms with Crippen molar-refractivity contribution in [2.75, 3.05) is 19.7 Å². The standard InChI is InChI=1S/C28H31NO2/c1-21-10-3-5-12-23(21)18-28(20-30)16-9-17-29(19-28)27(31)26-15-8-7-14-25(26)24-13-6-4-11-22(24)2/h3-8,10-15,30H,9,16-20H2,1-2H3/t28-/m0/s1. The lowest BCUT2D eigenvalue weighted by Gasteiger charge is -2.42. The molecule has 3 aromatic rings. The Balaban J connectivity index is 1.63. The third-order valence-corrected chi connectivity index (χ3v) is 6.70. The lowest BCUT2D eigenvalue weighted by molar-refractivity contribution is 0.0271. The lowest BCUT2D eigenvalue weighted by atomic mass is 9.75. The second-order valence-corrected chi connectivity index (χ2v) is 8.95. The van der Waals surface area contributed by atoms with Crippen LogP contribution in [-0.4, -0.2) is 35.6 Å². The van der Waals surface area contributed by atoms with Crippen LogP contribution >= 0.6 is 0 Å². The second-order valence-electron chi connectivity index (χ2n) is 8.95. The highest BCUT2D eigenvalue weighted by Gasteiger charge is 2.37. The molecule has 1 saturated heterocycles. The number of hydrogen-bond donors (Lipinski definition) is 1. The van der Waals surface area contributed by atoms with E-state index in [-0.39, 0.29) is 17.9 Å². The van der Waals surface area contributed by atoms with Crippen LogP contribution in [0.15, 0.2) is 72.8 Å². The van der Waals surface area contributed by atoms with Crippen LogP contribution in [0.5, 0.6) is 0 Å². The molecule has 1 fully saturated rings. The van der Waals surface area contributed by atoms with Crippen LogP contribution in [0.1, 0.15) is 39.9 Å². The zero-order chi connectivity index (χ0) is 21.8. The monoisotopic (exact) mass is 413 g/mol. The molecular formula is C28H31NO2. The van der Waals surface area contributed by atoms with Crippen LogP contribution in [0.3, 0.4) is 0 Å². The van der Waals surface area contributed by atoms with Gasteiger partial charge in [-0.1, -0.05) is 66.7 Å². The molecule has 1 heterocycles. The molecule has 0 radical (unpaired) electrons. The maximum Gasteiger partial charge on any atom is 0.254 e. The number of likely N-dealkylation sites (tertiary alicyclic amines) is 1. The number of aliphatic hydroxyl groups excluding tert-OH is 1. The minimum absolute atomic E-state index is 0.0566. The first-order valence-corrected chi connectivity index (χ1v) is 11.1. The molecule has 0 bridgehead atoms. The number of benzene rings is 3. The van der Waals surface area contributed by atoms with Gasteiger partial charge in [-0.25, -0.2) is 0 Å². The first-order chi connectivity index (χ1) is 15.0. The molecule has 0 aromatic heterocycles. The largest absolute Gasteiger partial charge is 0.396 e. The van der Waals surface area contributed by atoms with Crippen LogP contribution in [0.4, 0.5) is 0 Å². The van der Waals surface area contributed by atoms with E-state index in [4.69, 9.17) is 0 Å². The van der Waals surface area contributed by atoms with Crippen molar-refractivity contribution < 1.29 is 9.90 Å². The molecule has 3 nitrogen and oxygen atoms in total. The van der Waals surface area contributed by atoms with Crippen molar-refractivity contribution in [2.24, 2.45) is 5.41 Å². The van der Waals surface area contributed by atoms with Gasteiger partial charge in [0.25, 0.3) is 5.91 Å². The molecule has 0 aliphatic carbocycles. The van der Waals surface area contributed by atoms with E-state index in [9.17, 15) is 9.90 Å². The van der Waals surface area contributed by atoms with Crippen molar-refractivity contribution in [3.05, 3.63) is 95.1 Å². The first-order valence-electron chi connectivity index (χ1n) is 11.1. The molecule has 31 heavy (non-hydrogen) atoms. The smallest absolute Gasteiger partial charge is 0.254 e. The number of hydrogen-bond acceptors (Lipinski definition) is 2. The second kappa shape index (κ2) is 9.07. The lowest BCUT2D eigenvalue weighted by Crippen LogP contribution is -2.49. The average Bonchev–Trinajstić information content (AvgIpc) is 2.81. The Kier molecular flexibility index (Phi) is 6.24. The van der Waals surface area contributed by atoms with Gasteiger partial charge in [0.15, 0.2) is 0 Å². The van der Waals surface area contributed by atoms with Crippen LogP contribution < -0.4 is 0 Å². The van der Waals surface area contributed by atoms with Gasteiger partial charge in [-0.15, -0.1) is 0 Å². The summed E-state index contributed by atoms with van der Waals surface area (Å²) >= 11 is 0. The predicted molar refractivity (Wildman–Crippen MR) is 126 cm³/mol. The third-order valence-electron chi connectivity index (χ3n) is 6.70. The summed E-state index contributed by atoms with van der Waals surface area (Å²) in [7, 11) is 0. The van der Waals surface area contributed by atoms with Gasteiger partial charge in [-0.05, 0) is 67.0 Å². The van der Waals surface area contributed by atoms with Gasteiger partial charge < -0.3 is 10.0 Å². The van der Waals surface area contributed by atoms with Gasteiger partial charge in [0.1, 0.15) is 0 Å². The first kappa shape index (κ1) is 21.3. The molecule has 3 heteroatoms. The summed E-state index contributed by atoms with van der Waals surface area (Å²) in [6, 6.07) is 24.4. The van der Waals surface area contributed by atoms with Gasteiger partial charge in [0.2, 0.25) is 0 Å². The molecule has 0 saturated carbocycles. The van der Waals surface area contributed by atoms with E-state index in [0.717, 1.165) is 48.1 Å². The van der Waals surface area contributed by atoms with Gasteiger partial charge in [0.05, 0.1) is 6.61 Å². The van der Waals surface area contributed by atoms with Crippen LogP contribution in [0, 0.1) is 19.3 Å². The fourth-order valence-corrected chi connectivity index (χ4v) is 4.87. The van der Waals surface area contributed by atoms with Crippen molar-refractivity contribution in [3.8, 4) is 11.1 Å². The number of rotatable bonds is 5. The molecule has 1 atom stereocenters. The predicted octanol–water partition coefficient (Wildman–Crippen LogP) is 5.43. The molecule has 4 rings (SSSR count). The van der Waals surface area contributed by atoms with Crippen LogP contribution in [0.25, 0.3) is 11.1 Å². The Hall–Kier alpha value is -2.91. The number of aryl methyl sites for hydroxylation is 2. The minimum Gasteiger partial charge on any atom is -0.396 e. The molecule has 1 aliphatic rings. The van der Waals surface area contributed by atoms with E-state index < -0.39 is 0 Å². The number of carbonyl (C=O) groups is 1. The topological polar surface area (TPSA) is 40.5 Å². The number of piperidine rings is 1. The molecular weight excluding hydrogens is 382 g/mol.